The first-order valence-corrected chi connectivity index (χ1v) is 5.44. The third-order valence-electron chi connectivity index (χ3n) is 2.77. The molecule has 0 aromatic heterocycles. The third-order valence-corrected chi connectivity index (χ3v) is 4.34. The fourth-order valence-corrected chi connectivity index (χ4v) is 3.08. The van der Waals surface area contributed by atoms with E-state index in [9.17, 15) is 9.59 Å². The van der Waals surface area contributed by atoms with Crippen LogP contribution in [0.4, 0.5) is 0 Å². The number of esters is 1. The maximum absolute atomic E-state index is 11.5. The molecule has 1 aliphatic carbocycles. The summed E-state index contributed by atoms with van der Waals surface area (Å²) in [7, 11) is 1.33. The average molecular weight is 200 g/mol. The number of thioether (sulfide) groups is 1. The van der Waals surface area contributed by atoms with Crippen LogP contribution < -0.4 is 0 Å². The number of ether oxygens (including phenoxy) is 1. The van der Waals surface area contributed by atoms with E-state index in [1.54, 1.807) is 0 Å². The van der Waals surface area contributed by atoms with E-state index in [1.807, 2.05) is 0 Å². The lowest BCUT2D eigenvalue weighted by Crippen LogP contribution is -2.35. The van der Waals surface area contributed by atoms with Crippen LogP contribution in [-0.2, 0) is 14.3 Å². The van der Waals surface area contributed by atoms with E-state index in [-0.39, 0.29) is 17.2 Å². The Labute approximate surface area is 81.2 Å². The summed E-state index contributed by atoms with van der Waals surface area (Å²) >= 11 is 1.45. The van der Waals surface area contributed by atoms with Crippen LogP contribution in [0.3, 0.4) is 0 Å². The van der Waals surface area contributed by atoms with Crippen LogP contribution in [0.25, 0.3) is 0 Å². The molecular formula is C9H12O3S. The van der Waals surface area contributed by atoms with E-state index in [0.29, 0.717) is 6.42 Å². The van der Waals surface area contributed by atoms with Crippen LogP contribution in [0.5, 0.6) is 0 Å². The number of hydrogen-bond acceptors (Lipinski definition) is 4. The second-order valence-electron chi connectivity index (χ2n) is 3.86. The highest BCUT2D eigenvalue weighted by molar-refractivity contribution is 8.01. The van der Waals surface area contributed by atoms with Gasteiger partial charge in [0, 0.05) is 12.2 Å². The summed E-state index contributed by atoms with van der Waals surface area (Å²) in [4.78, 5) is 22.7. The molecule has 13 heavy (non-hydrogen) atoms. The first-order chi connectivity index (χ1) is 6.17. The van der Waals surface area contributed by atoms with Crippen molar-refractivity contribution < 1.29 is 14.3 Å². The van der Waals surface area contributed by atoms with Gasteiger partial charge in [-0.05, 0) is 18.3 Å². The van der Waals surface area contributed by atoms with Gasteiger partial charge in [-0.3, -0.25) is 9.59 Å². The smallest absolute Gasteiger partial charge is 0.326 e. The predicted octanol–water partition coefficient (Wildman–Crippen LogP) is 1.01. The molecule has 2 aliphatic rings. The van der Waals surface area contributed by atoms with Crippen LogP contribution in [0.1, 0.15) is 19.3 Å². The number of carbonyl (C=O) groups excluding carboxylic acids is 2. The van der Waals surface area contributed by atoms with Crippen molar-refractivity contribution in [3.8, 4) is 0 Å². The Morgan fingerprint density at radius 2 is 2.31 bits per heavy atom. The second-order valence-corrected chi connectivity index (χ2v) is 4.95. The zero-order chi connectivity index (χ0) is 9.47. The maximum atomic E-state index is 11.5. The zero-order valence-electron chi connectivity index (χ0n) is 7.54. The number of methoxy groups -OCH3 is 1. The van der Waals surface area contributed by atoms with E-state index in [4.69, 9.17) is 0 Å². The summed E-state index contributed by atoms with van der Waals surface area (Å²) in [6.45, 7) is 0. The molecule has 72 valence electrons. The SMILES string of the molecule is COC(=O)C1SCC2(CC2)CC1=O. The molecule has 0 N–H and O–H groups in total. The van der Waals surface area contributed by atoms with Crippen molar-refractivity contribution in [2.75, 3.05) is 12.9 Å². The van der Waals surface area contributed by atoms with Gasteiger partial charge in [-0.1, -0.05) is 0 Å². The van der Waals surface area contributed by atoms with Crippen molar-refractivity contribution in [1.82, 2.24) is 0 Å². The van der Waals surface area contributed by atoms with E-state index in [1.165, 1.54) is 18.9 Å². The average Bonchev–Trinajstić information content (AvgIpc) is 2.84. The van der Waals surface area contributed by atoms with Gasteiger partial charge in [0.1, 0.15) is 0 Å². The van der Waals surface area contributed by atoms with Gasteiger partial charge in [-0.2, -0.15) is 0 Å². The summed E-state index contributed by atoms with van der Waals surface area (Å²) in [5, 5.41) is -0.545. The number of rotatable bonds is 1. The van der Waals surface area contributed by atoms with Crippen LogP contribution in [0.15, 0.2) is 0 Å². The van der Waals surface area contributed by atoms with Gasteiger partial charge in [0.25, 0.3) is 0 Å². The molecule has 3 nitrogen and oxygen atoms in total. The topological polar surface area (TPSA) is 43.4 Å². The standard InChI is InChI=1S/C9H12O3S/c1-12-8(11)7-6(10)4-9(2-3-9)5-13-7/h7H,2-5H2,1H3. The van der Waals surface area contributed by atoms with Gasteiger partial charge in [-0.15, -0.1) is 11.8 Å². The molecule has 1 atom stereocenters. The van der Waals surface area contributed by atoms with Crippen molar-refractivity contribution in [2.24, 2.45) is 5.41 Å². The lowest BCUT2D eigenvalue weighted by atomic mass is 9.99. The minimum atomic E-state index is -0.545. The van der Waals surface area contributed by atoms with Crippen molar-refractivity contribution in [2.45, 2.75) is 24.5 Å². The molecule has 1 unspecified atom stereocenters. The molecule has 1 saturated carbocycles. The molecule has 0 amide bonds. The first-order valence-electron chi connectivity index (χ1n) is 4.39. The van der Waals surface area contributed by atoms with E-state index >= 15 is 0 Å². The molecule has 1 spiro atoms. The Hall–Kier alpha value is -0.510. The quantitative estimate of drug-likeness (QED) is 0.468. The highest BCUT2D eigenvalue weighted by Gasteiger charge is 2.50. The van der Waals surface area contributed by atoms with Crippen molar-refractivity contribution >= 4 is 23.5 Å². The maximum Gasteiger partial charge on any atom is 0.326 e. The van der Waals surface area contributed by atoms with Crippen LogP contribution in [0, 0.1) is 5.41 Å². The minimum absolute atomic E-state index is 0.0561. The molecule has 0 aromatic rings. The Bertz CT molecular complexity index is 258. The highest BCUT2D eigenvalue weighted by atomic mass is 32.2. The van der Waals surface area contributed by atoms with Crippen molar-refractivity contribution in [3.63, 3.8) is 0 Å². The van der Waals surface area contributed by atoms with E-state index in [2.05, 4.69) is 4.74 Å². The van der Waals surface area contributed by atoms with Gasteiger partial charge in [0.15, 0.2) is 11.0 Å². The Kier molecular flexibility index (Phi) is 2.10. The summed E-state index contributed by atoms with van der Waals surface area (Å²) in [5.41, 5.74) is 0.270. The monoisotopic (exact) mass is 200 g/mol. The number of carbonyl (C=O) groups is 2. The molecule has 0 bridgehead atoms. The van der Waals surface area contributed by atoms with Crippen LogP contribution in [0.2, 0.25) is 0 Å². The largest absolute Gasteiger partial charge is 0.468 e. The first kappa shape index (κ1) is 9.06. The lowest BCUT2D eigenvalue weighted by molar-refractivity contribution is -0.142. The normalized spacial score (nSPS) is 30.2. The summed E-state index contributed by atoms with van der Waals surface area (Å²) in [6.07, 6.45) is 2.89. The molecule has 0 aromatic carbocycles. The molecule has 2 fully saturated rings. The molecule has 2 rings (SSSR count). The van der Waals surface area contributed by atoms with Gasteiger partial charge < -0.3 is 4.74 Å². The number of hydrogen-bond donors (Lipinski definition) is 0. The minimum Gasteiger partial charge on any atom is -0.468 e. The van der Waals surface area contributed by atoms with Gasteiger partial charge in [0.05, 0.1) is 7.11 Å². The van der Waals surface area contributed by atoms with Gasteiger partial charge in [0.2, 0.25) is 0 Å². The van der Waals surface area contributed by atoms with E-state index in [0.717, 1.165) is 18.6 Å². The van der Waals surface area contributed by atoms with Gasteiger partial charge >= 0.3 is 5.97 Å². The molecule has 1 aliphatic heterocycles. The molecular weight excluding hydrogens is 188 g/mol. The Morgan fingerprint density at radius 1 is 1.62 bits per heavy atom. The summed E-state index contributed by atoms with van der Waals surface area (Å²) in [6, 6.07) is 0. The number of ketones is 1. The van der Waals surface area contributed by atoms with Crippen molar-refractivity contribution in [3.05, 3.63) is 0 Å². The lowest BCUT2D eigenvalue weighted by Gasteiger charge is -2.24. The van der Waals surface area contributed by atoms with Crippen molar-refractivity contribution in [1.29, 1.82) is 0 Å². The Morgan fingerprint density at radius 3 is 2.77 bits per heavy atom. The fourth-order valence-electron chi connectivity index (χ4n) is 1.67. The van der Waals surface area contributed by atoms with Crippen LogP contribution >= 0.6 is 11.8 Å². The molecule has 1 saturated heterocycles. The van der Waals surface area contributed by atoms with Crippen LogP contribution in [-0.4, -0.2) is 29.9 Å². The second kappa shape index (κ2) is 3.01. The molecule has 0 radical (unpaired) electrons. The van der Waals surface area contributed by atoms with Gasteiger partial charge in [-0.25, -0.2) is 0 Å². The molecule has 1 heterocycles. The third kappa shape index (κ3) is 1.59. The Balaban J connectivity index is 2.01. The summed E-state index contributed by atoms with van der Waals surface area (Å²) < 4.78 is 4.57. The highest BCUT2D eigenvalue weighted by Crippen LogP contribution is 2.54. The summed E-state index contributed by atoms with van der Waals surface area (Å²) in [5.74, 6) is 0.615. The predicted molar refractivity (Wildman–Crippen MR) is 49.6 cm³/mol. The number of Topliss-reactive ketones (excluding diaryl/α,β-unsaturated/α-hetero) is 1. The zero-order valence-corrected chi connectivity index (χ0v) is 8.36. The molecule has 4 heteroatoms. The van der Waals surface area contributed by atoms with E-state index < -0.39 is 5.25 Å². The fraction of sp³-hybridized carbons (Fsp3) is 0.778.